The molecule has 0 bridgehead atoms. The topological polar surface area (TPSA) is 92.3 Å². The van der Waals surface area contributed by atoms with Crippen LogP contribution >= 0.6 is 0 Å². The molecule has 1 aliphatic heterocycles. The summed E-state index contributed by atoms with van der Waals surface area (Å²) >= 11 is 0. The zero-order valence-corrected chi connectivity index (χ0v) is 15.7. The maximum Gasteiger partial charge on any atom is 0.433 e. The van der Waals surface area contributed by atoms with Crippen LogP contribution in [0.15, 0.2) is 42.7 Å². The van der Waals surface area contributed by atoms with E-state index in [4.69, 9.17) is 9.47 Å². The number of benzene rings is 1. The van der Waals surface area contributed by atoms with Gasteiger partial charge in [-0.05, 0) is 22.6 Å². The second kappa shape index (κ2) is 7.95. The smallest absolute Gasteiger partial charge is 0.433 e. The summed E-state index contributed by atoms with van der Waals surface area (Å²) in [7, 11) is 0. The summed E-state index contributed by atoms with van der Waals surface area (Å²) in [6.45, 7) is 0.461. The number of nitro groups is 1. The summed E-state index contributed by atoms with van der Waals surface area (Å²) in [6, 6.07) is 6.34. The van der Waals surface area contributed by atoms with E-state index in [2.05, 4.69) is 9.97 Å². The van der Waals surface area contributed by atoms with Crippen molar-refractivity contribution in [2.45, 2.75) is 25.4 Å². The number of hydrogen-bond donors (Lipinski definition) is 0. The van der Waals surface area contributed by atoms with Crippen molar-refractivity contribution < 1.29 is 32.0 Å². The number of pyridine rings is 1. The van der Waals surface area contributed by atoms with Crippen LogP contribution in [-0.4, -0.2) is 32.2 Å². The average molecular weight is 438 g/mol. The third kappa shape index (κ3) is 4.48. The number of alkyl halides is 3. The van der Waals surface area contributed by atoms with Crippen LogP contribution in [0.3, 0.4) is 0 Å². The Hall–Kier alpha value is -3.54. The van der Waals surface area contributed by atoms with E-state index in [1.165, 1.54) is 22.9 Å². The van der Waals surface area contributed by atoms with Crippen LogP contribution in [0.5, 0.6) is 6.01 Å². The predicted octanol–water partition coefficient (Wildman–Crippen LogP) is 3.99. The number of imidazole rings is 1. The van der Waals surface area contributed by atoms with Gasteiger partial charge in [0.2, 0.25) is 0 Å². The van der Waals surface area contributed by atoms with Gasteiger partial charge in [-0.1, -0.05) is 18.2 Å². The van der Waals surface area contributed by atoms with Crippen molar-refractivity contribution in [3.05, 3.63) is 69.9 Å². The van der Waals surface area contributed by atoms with Crippen LogP contribution in [0, 0.1) is 15.9 Å². The largest absolute Gasteiger partial charge is 0.443 e. The number of aromatic nitrogens is 3. The molecular formula is C19H14F4N4O4. The highest BCUT2D eigenvalue weighted by atomic mass is 19.4. The van der Waals surface area contributed by atoms with Crippen LogP contribution in [0.1, 0.15) is 11.3 Å². The van der Waals surface area contributed by atoms with E-state index in [1.807, 2.05) is 0 Å². The van der Waals surface area contributed by atoms with Crippen LogP contribution in [0.25, 0.3) is 11.1 Å². The molecule has 1 atom stereocenters. The van der Waals surface area contributed by atoms with Crippen molar-refractivity contribution in [2.75, 3.05) is 6.61 Å². The lowest BCUT2D eigenvalue weighted by Crippen LogP contribution is -2.32. The van der Waals surface area contributed by atoms with Gasteiger partial charge in [0.05, 0.1) is 13.2 Å². The van der Waals surface area contributed by atoms with Gasteiger partial charge in [0.25, 0.3) is 0 Å². The molecule has 2 aromatic heterocycles. The number of nitrogens with zero attached hydrogens (tertiary/aromatic N) is 4. The molecule has 0 saturated carbocycles. The molecule has 3 aromatic rings. The lowest BCUT2D eigenvalue weighted by molar-refractivity contribution is -0.389. The van der Waals surface area contributed by atoms with Gasteiger partial charge in [-0.15, -0.1) is 0 Å². The van der Waals surface area contributed by atoms with Crippen molar-refractivity contribution in [2.24, 2.45) is 0 Å². The van der Waals surface area contributed by atoms with Gasteiger partial charge in [0.15, 0.2) is 0 Å². The van der Waals surface area contributed by atoms with E-state index in [-0.39, 0.29) is 42.7 Å². The summed E-state index contributed by atoms with van der Waals surface area (Å²) in [5, 5.41) is 10.8. The Morgan fingerprint density at radius 3 is 2.74 bits per heavy atom. The van der Waals surface area contributed by atoms with E-state index in [0.29, 0.717) is 5.56 Å². The SMILES string of the molecule is O=[N+]([O-])c1cn2c(n1)OC[C@@H](OCc1ccc(-c3ccc(C(F)(F)F)nc3)c(F)c1)C2. The number of ether oxygens (including phenoxy) is 2. The Bertz CT molecular complexity index is 1120. The first-order valence-corrected chi connectivity index (χ1v) is 8.99. The van der Waals surface area contributed by atoms with E-state index in [0.717, 1.165) is 18.3 Å². The fourth-order valence-corrected chi connectivity index (χ4v) is 3.08. The molecule has 12 heteroatoms. The molecule has 31 heavy (non-hydrogen) atoms. The van der Waals surface area contributed by atoms with E-state index in [1.54, 1.807) is 6.07 Å². The molecule has 4 rings (SSSR count). The van der Waals surface area contributed by atoms with Crippen LogP contribution in [-0.2, 0) is 24.1 Å². The second-order valence-corrected chi connectivity index (χ2v) is 6.78. The number of fused-ring (bicyclic) bond motifs is 1. The Kier molecular flexibility index (Phi) is 5.31. The molecule has 0 spiro atoms. The van der Waals surface area contributed by atoms with Crippen LogP contribution in [0.2, 0.25) is 0 Å². The minimum absolute atomic E-state index is 0.0443. The fourth-order valence-electron chi connectivity index (χ4n) is 3.08. The molecule has 0 fully saturated rings. The molecule has 1 aliphatic rings. The minimum atomic E-state index is -4.57. The molecule has 0 saturated heterocycles. The molecule has 8 nitrogen and oxygen atoms in total. The summed E-state index contributed by atoms with van der Waals surface area (Å²) in [5.41, 5.74) is -0.222. The summed E-state index contributed by atoms with van der Waals surface area (Å²) in [5.74, 6) is -0.957. The van der Waals surface area contributed by atoms with Gasteiger partial charge in [-0.25, -0.2) is 4.39 Å². The molecule has 0 N–H and O–H groups in total. The average Bonchev–Trinajstić information content (AvgIpc) is 3.16. The first-order chi connectivity index (χ1) is 14.7. The van der Waals surface area contributed by atoms with Gasteiger partial charge in [-0.3, -0.25) is 9.55 Å². The molecule has 3 heterocycles. The summed E-state index contributed by atoms with van der Waals surface area (Å²) < 4.78 is 64.9. The van der Waals surface area contributed by atoms with E-state index >= 15 is 0 Å². The molecule has 0 aliphatic carbocycles. The van der Waals surface area contributed by atoms with Crippen LogP contribution in [0.4, 0.5) is 23.4 Å². The van der Waals surface area contributed by atoms with Crippen molar-refractivity contribution >= 4 is 5.82 Å². The first-order valence-electron chi connectivity index (χ1n) is 8.99. The molecule has 0 unspecified atom stereocenters. The van der Waals surface area contributed by atoms with E-state index < -0.39 is 28.7 Å². The molecule has 1 aromatic carbocycles. The van der Waals surface area contributed by atoms with Gasteiger partial charge in [0, 0.05) is 22.3 Å². The van der Waals surface area contributed by atoms with Crippen LogP contribution < -0.4 is 4.74 Å². The lowest BCUT2D eigenvalue weighted by atomic mass is 10.0. The predicted molar refractivity (Wildman–Crippen MR) is 97.6 cm³/mol. The highest BCUT2D eigenvalue weighted by Gasteiger charge is 2.32. The Labute approximate surface area is 172 Å². The minimum Gasteiger partial charge on any atom is -0.443 e. The first kappa shape index (κ1) is 20.7. The number of halogens is 4. The summed E-state index contributed by atoms with van der Waals surface area (Å²) in [6.07, 6.45) is -2.78. The third-order valence-electron chi connectivity index (χ3n) is 4.60. The molecular weight excluding hydrogens is 424 g/mol. The van der Waals surface area contributed by atoms with Gasteiger partial charge < -0.3 is 19.6 Å². The zero-order chi connectivity index (χ0) is 22.2. The maximum absolute atomic E-state index is 14.5. The maximum atomic E-state index is 14.5. The van der Waals surface area contributed by atoms with Crippen molar-refractivity contribution in [1.29, 1.82) is 0 Å². The van der Waals surface area contributed by atoms with Gasteiger partial charge >= 0.3 is 18.0 Å². The monoisotopic (exact) mass is 438 g/mol. The standard InChI is InChI=1S/C19H14F4N4O4/c20-15-5-11(1-3-14(15)12-2-4-16(24-6-12)19(21,22)23)9-30-13-7-26-8-17(27(28)29)25-18(26)31-10-13/h1-6,8,13H,7,9-10H2/t13-/m0/s1. The Balaban J connectivity index is 1.40. The molecule has 162 valence electrons. The van der Waals surface area contributed by atoms with E-state index in [9.17, 15) is 27.7 Å². The highest BCUT2D eigenvalue weighted by molar-refractivity contribution is 5.63. The summed E-state index contributed by atoms with van der Waals surface area (Å²) in [4.78, 5) is 17.2. The molecule has 0 radical (unpaired) electrons. The fraction of sp³-hybridized carbons (Fsp3) is 0.263. The second-order valence-electron chi connectivity index (χ2n) is 6.78. The van der Waals surface area contributed by atoms with Gasteiger partial charge in [0.1, 0.15) is 30.4 Å². The van der Waals surface area contributed by atoms with Gasteiger partial charge in [-0.2, -0.15) is 13.2 Å². The Morgan fingerprint density at radius 1 is 1.29 bits per heavy atom. The van der Waals surface area contributed by atoms with Crippen molar-refractivity contribution in [1.82, 2.24) is 14.5 Å². The van der Waals surface area contributed by atoms with Crippen molar-refractivity contribution in [3.8, 4) is 17.1 Å². The number of hydrogen-bond acceptors (Lipinski definition) is 6. The quantitative estimate of drug-likeness (QED) is 0.340. The Morgan fingerprint density at radius 2 is 2.10 bits per heavy atom. The lowest BCUT2D eigenvalue weighted by Gasteiger charge is -2.22. The number of rotatable bonds is 5. The highest BCUT2D eigenvalue weighted by Crippen LogP contribution is 2.30. The normalized spacial score (nSPS) is 15.9. The molecule has 0 amide bonds. The zero-order valence-electron chi connectivity index (χ0n) is 15.7. The third-order valence-corrected chi connectivity index (χ3v) is 4.60. The van der Waals surface area contributed by atoms with Crippen molar-refractivity contribution in [3.63, 3.8) is 0 Å².